The van der Waals surface area contributed by atoms with Gasteiger partial charge in [-0.3, -0.25) is 9.59 Å². The summed E-state index contributed by atoms with van der Waals surface area (Å²) in [5.41, 5.74) is 1.82. The summed E-state index contributed by atoms with van der Waals surface area (Å²) in [7, 11) is 1.62. The summed E-state index contributed by atoms with van der Waals surface area (Å²) in [5, 5.41) is 0. The molecule has 2 heterocycles. The zero-order valence-electron chi connectivity index (χ0n) is 16.9. The molecular formula is C23H25FN2O3. The summed E-state index contributed by atoms with van der Waals surface area (Å²) in [6.07, 6.45) is 0. The van der Waals surface area contributed by atoms with Crippen LogP contribution in [0.5, 0.6) is 5.75 Å². The predicted octanol–water partition coefficient (Wildman–Crippen LogP) is 3.43. The standard InChI is InChI=1S/C23H25FN2O3/c1-14-5-4-6-20(24)21(14)23(28)25-11-17-12-26(15(2)27)22(19(17)13-25)16-7-9-18(29-3)10-8-16/h4-10,17,19,22H,11-13H2,1-3H3/t17-,19-,22+/m1/s1. The number of amides is 2. The number of fused-ring (bicyclic) bond motifs is 1. The van der Waals surface area contributed by atoms with Crippen molar-refractivity contribution in [3.63, 3.8) is 0 Å². The summed E-state index contributed by atoms with van der Waals surface area (Å²) in [6.45, 7) is 5.00. The number of hydrogen-bond acceptors (Lipinski definition) is 3. The number of carbonyl (C=O) groups is 2. The molecule has 0 spiro atoms. The molecule has 0 radical (unpaired) electrons. The number of aryl methyl sites for hydroxylation is 1. The fraction of sp³-hybridized carbons (Fsp3) is 0.391. The molecule has 0 unspecified atom stereocenters. The Bertz CT molecular complexity index is 923. The van der Waals surface area contributed by atoms with E-state index in [1.807, 2.05) is 29.2 Å². The fourth-order valence-electron chi connectivity index (χ4n) is 4.82. The monoisotopic (exact) mass is 396 g/mol. The van der Waals surface area contributed by atoms with Crippen molar-refractivity contribution in [1.29, 1.82) is 0 Å². The summed E-state index contributed by atoms with van der Waals surface area (Å²) in [5.74, 6) is 0.353. The van der Waals surface area contributed by atoms with Crippen molar-refractivity contribution >= 4 is 11.8 Å². The smallest absolute Gasteiger partial charge is 0.257 e. The van der Waals surface area contributed by atoms with Crippen molar-refractivity contribution in [2.75, 3.05) is 26.7 Å². The van der Waals surface area contributed by atoms with Crippen LogP contribution >= 0.6 is 0 Å². The Labute approximate surface area is 170 Å². The fourth-order valence-corrected chi connectivity index (χ4v) is 4.82. The quantitative estimate of drug-likeness (QED) is 0.799. The molecule has 4 rings (SSSR count). The Morgan fingerprint density at radius 3 is 2.41 bits per heavy atom. The lowest BCUT2D eigenvalue weighted by atomic mass is 9.89. The lowest BCUT2D eigenvalue weighted by Crippen LogP contribution is -2.37. The third-order valence-electron chi connectivity index (χ3n) is 6.25. The molecule has 2 aliphatic rings. The van der Waals surface area contributed by atoms with Crippen LogP contribution in [0.25, 0.3) is 0 Å². The predicted molar refractivity (Wildman–Crippen MR) is 107 cm³/mol. The molecule has 3 atom stereocenters. The van der Waals surface area contributed by atoms with Gasteiger partial charge < -0.3 is 14.5 Å². The third kappa shape index (κ3) is 3.37. The molecular weight excluding hydrogens is 371 g/mol. The molecule has 0 aliphatic carbocycles. The van der Waals surface area contributed by atoms with Crippen molar-refractivity contribution in [2.24, 2.45) is 11.8 Å². The molecule has 2 fully saturated rings. The van der Waals surface area contributed by atoms with Crippen LogP contribution in [0.2, 0.25) is 0 Å². The van der Waals surface area contributed by atoms with Gasteiger partial charge in [-0.1, -0.05) is 24.3 Å². The van der Waals surface area contributed by atoms with E-state index < -0.39 is 5.82 Å². The second-order valence-corrected chi connectivity index (χ2v) is 7.96. The highest BCUT2D eigenvalue weighted by atomic mass is 19.1. The lowest BCUT2D eigenvalue weighted by molar-refractivity contribution is -0.130. The van der Waals surface area contributed by atoms with Crippen LogP contribution < -0.4 is 4.74 Å². The summed E-state index contributed by atoms with van der Waals surface area (Å²) >= 11 is 0. The van der Waals surface area contributed by atoms with Gasteiger partial charge in [-0.25, -0.2) is 4.39 Å². The van der Waals surface area contributed by atoms with Crippen molar-refractivity contribution in [3.8, 4) is 5.75 Å². The minimum Gasteiger partial charge on any atom is -0.497 e. The van der Waals surface area contributed by atoms with Gasteiger partial charge in [0.05, 0.1) is 18.7 Å². The van der Waals surface area contributed by atoms with Gasteiger partial charge in [0.25, 0.3) is 5.91 Å². The average molecular weight is 396 g/mol. The van der Waals surface area contributed by atoms with E-state index in [1.165, 1.54) is 6.07 Å². The zero-order chi connectivity index (χ0) is 20.7. The van der Waals surface area contributed by atoms with E-state index in [2.05, 4.69) is 0 Å². The molecule has 0 aromatic heterocycles. The number of hydrogen-bond donors (Lipinski definition) is 0. The molecule has 0 saturated carbocycles. The first-order valence-corrected chi connectivity index (χ1v) is 9.86. The molecule has 0 bridgehead atoms. The van der Waals surface area contributed by atoms with Crippen LogP contribution in [0.3, 0.4) is 0 Å². The van der Waals surface area contributed by atoms with E-state index in [1.54, 1.807) is 38.0 Å². The average Bonchev–Trinajstić information content (AvgIpc) is 3.26. The van der Waals surface area contributed by atoms with Crippen LogP contribution in [-0.4, -0.2) is 48.4 Å². The van der Waals surface area contributed by atoms with Crippen molar-refractivity contribution in [3.05, 3.63) is 65.0 Å². The van der Waals surface area contributed by atoms with Gasteiger partial charge in [0, 0.05) is 38.4 Å². The van der Waals surface area contributed by atoms with Crippen molar-refractivity contribution in [1.82, 2.24) is 9.80 Å². The first-order valence-electron chi connectivity index (χ1n) is 9.86. The summed E-state index contributed by atoms with van der Waals surface area (Å²) in [4.78, 5) is 29.0. The maximum Gasteiger partial charge on any atom is 0.257 e. The van der Waals surface area contributed by atoms with Gasteiger partial charge in [-0.2, -0.15) is 0 Å². The summed E-state index contributed by atoms with van der Waals surface area (Å²) < 4.78 is 19.6. The molecule has 6 heteroatoms. The Kier molecular flexibility index (Phi) is 5.03. The molecule has 5 nitrogen and oxygen atoms in total. The van der Waals surface area contributed by atoms with Crippen molar-refractivity contribution < 1.29 is 18.7 Å². The van der Waals surface area contributed by atoms with E-state index in [0.29, 0.717) is 25.2 Å². The highest BCUT2D eigenvalue weighted by Gasteiger charge is 2.49. The number of likely N-dealkylation sites (tertiary alicyclic amines) is 2. The minimum absolute atomic E-state index is 0.0306. The van der Waals surface area contributed by atoms with E-state index in [9.17, 15) is 14.0 Å². The van der Waals surface area contributed by atoms with Crippen molar-refractivity contribution in [2.45, 2.75) is 19.9 Å². The van der Waals surface area contributed by atoms with Crippen LogP contribution in [0.1, 0.15) is 34.5 Å². The third-order valence-corrected chi connectivity index (χ3v) is 6.25. The molecule has 2 aromatic rings. The molecule has 2 saturated heterocycles. The van der Waals surface area contributed by atoms with Crippen LogP contribution in [0, 0.1) is 24.6 Å². The van der Waals surface area contributed by atoms with Gasteiger partial charge in [-0.05, 0) is 36.2 Å². The Morgan fingerprint density at radius 1 is 1.07 bits per heavy atom. The maximum absolute atomic E-state index is 14.3. The molecule has 2 amide bonds. The lowest BCUT2D eigenvalue weighted by Gasteiger charge is -2.29. The van der Waals surface area contributed by atoms with Gasteiger partial charge in [0.2, 0.25) is 5.91 Å². The SMILES string of the molecule is COc1ccc([C@H]2[C@@H]3CN(C(=O)c4c(C)cccc4F)C[C@@H]3CN2C(C)=O)cc1. The van der Waals surface area contributed by atoms with Crippen LogP contribution in [0.4, 0.5) is 4.39 Å². The molecule has 152 valence electrons. The van der Waals surface area contributed by atoms with Gasteiger partial charge >= 0.3 is 0 Å². The maximum atomic E-state index is 14.3. The Hall–Kier alpha value is -2.89. The van der Waals surface area contributed by atoms with Gasteiger partial charge in [0.1, 0.15) is 11.6 Å². The van der Waals surface area contributed by atoms with Crippen LogP contribution in [0.15, 0.2) is 42.5 Å². The zero-order valence-corrected chi connectivity index (χ0v) is 16.9. The number of rotatable bonds is 3. The minimum atomic E-state index is -0.482. The highest BCUT2D eigenvalue weighted by Crippen LogP contribution is 2.45. The number of methoxy groups -OCH3 is 1. The van der Waals surface area contributed by atoms with E-state index >= 15 is 0 Å². The molecule has 2 aromatic carbocycles. The second kappa shape index (κ2) is 7.50. The second-order valence-electron chi connectivity index (χ2n) is 7.96. The van der Waals surface area contributed by atoms with Crippen LogP contribution in [-0.2, 0) is 4.79 Å². The number of halogens is 1. The topological polar surface area (TPSA) is 49.9 Å². The van der Waals surface area contributed by atoms with Gasteiger partial charge in [0.15, 0.2) is 0 Å². The molecule has 2 aliphatic heterocycles. The highest BCUT2D eigenvalue weighted by molar-refractivity contribution is 5.96. The molecule has 0 N–H and O–H groups in total. The first-order chi connectivity index (χ1) is 13.9. The van der Waals surface area contributed by atoms with E-state index in [4.69, 9.17) is 4.74 Å². The Balaban J connectivity index is 1.61. The normalized spacial score (nSPS) is 23.2. The number of nitrogens with zero attached hydrogens (tertiary/aromatic N) is 2. The van der Waals surface area contributed by atoms with E-state index in [-0.39, 0.29) is 35.3 Å². The number of carbonyl (C=O) groups excluding carboxylic acids is 2. The molecule has 29 heavy (non-hydrogen) atoms. The number of benzene rings is 2. The largest absolute Gasteiger partial charge is 0.497 e. The Morgan fingerprint density at radius 2 is 1.79 bits per heavy atom. The first kappa shape index (κ1) is 19.4. The van der Waals surface area contributed by atoms with Gasteiger partial charge in [-0.15, -0.1) is 0 Å². The van der Waals surface area contributed by atoms with E-state index in [0.717, 1.165) is 11.3 Å². The number of ether oxygens (including phenoxy) is 1. The summed E-state index contributed by atoms with van der Waals surface area (Å²) in [6, 6.07) is 12.3.